The molecule has 1 aromatic heterocycles. The van der Waals surface area contributed by atoms with Crippen LogP contribution in [0.3, 0.4) is 0 Å². The molecule has 0 aliphatic carbocycles. The van der Waals surface area contributed by atoms with Gasteiger partial charge in [-0.2, -0.15) is 0 Å². The minimum Gasteiger partial charge on any atom is -0.399 e. The molecule has 0 spiro atoms. The monoisotopic (exact) mass is 269 g/mol. The van der Waals surface area contributed by atoms with Crippen LogP contribution in [0, 0.1) is 5.82 Å². The lowest BCUT2D eigenvalue weighted by Gasteiger charge is -2.09. The Morgan fingerprint density at radius 3 is 2.80 bits per heavy atom. The molecule has 0 atom stereocenters. The minimum atomic E-state index is -0.248. The Kier molecular flexibility index (Phi) is 3.14. The SMILES string of the molecule is CCCc1nc2cc(N)ccc2n1-c1cccc(F)c1. The van der Waals surface area contributed by atoms with Crippen LogP contribution in [0.1, 0.15) is 19.2 Å². The van der Waals surface area contributed by atoms with E-state index in [4.69, 9.17) is 5.73 Å². The van der Waals surface area contributed by atoms with E-state index in [0.29, 0.717) is 5.69 Å². The molecule has 2 aromatic carbocycles. The maximum absolute atomic E-state index is 13.5. The fourth-order valence-corrected chi connectivity index (χ4v) is 2.44. The summed E-state index contributed by atoms with van der Waals surface area (Å²) in [5, 5.41) is 0. The van der Waals surface area contributed by atoms with Crippen molar-refractivity contribution in [2.45, 2.75) is 19.8 Å². The van der Waals surface area contributed by atoms with Crippen LogP contribution in [-0.4, -0.2) is 9.55 Å². The van der Waals surface area contributed by atoms with Gasteiger partial charge in [0.15, 0.2) is 0 Å². The number of anilines is 1. The van der Waals surface area contributed by atoms with Gasteiger partial charge >= 0.3 is 0 Å². The second-order valence-electron chi connectivity index (χ2n) is 4.84. The standard InChI is InChI=1S/C16H16FN3/c1-2-4-16-19-14-10-12(18)7-8-15(14)20(16)13-6-3-5-11(17)9-13/h3,5-10H,2,4,18H2,1H3. The zero-order valence-corrected chi connectivity index (χ0v) is 11.3. The average molecular weight is 269 g/mol. The van der Waals surface area contributed by atoms with Crippen LogP contribution in [-0.2, 0) is 6.42 Å². The summed E-state index contributed by atoms with van der Waals surface area (Å²) in [5.41, 5.74) is 9.08. The number of rotatable bonds is 3. The number of fused-ring (bicyclic) bond motifs is 1. The van der Waals surface area contributed by atoms with Crippen LogP contribution in [0.2, 0.25) is 0 Å². The molecule has 0 aliphatic heterocycles. The van der Waals surface area contributed by atoms with Crippen molar-refractivity contribution in [2.24, 2.45) is 0 Å². The summed E-state index contributed by atoms with van der Waals surface area (Å²) in [4.78, 5) is 4.63. The number of aryl methyl sites for hydroxylation is 1. The third-order valence-corrected chi connectivity index (χ3v) is 3.29. The Morgan fingerprint density at radius 2 is 2.05 bits per heavy atom. The van der Waals surface area contributed by atoms with E-state index in [9.17, 15) is 4.39 Å². The molecule has 0 saturated carbocycles. The number of hydrogen-bond donors (Lipinski definition) is 1. The Labute approximate surface area is 116 Å². The van der Waals surface area contributed by atoms with Crippen molar-refractivity contribution in [1.82, 2.24) is 9.55 Å². The minimum absolute atomic E-state index is 0.248. The molecule has 20 heavy (non-hydrogen) atoms. The maximum Gasteiger partial charge on any atom is 0.125 e. The number of nitrogen functional groups attached to an aromatic ring is 1. The van der Waals surface area contributed by atoms with Gasteiger partial charge in [-0.25, -0.2) is 9.37 Å². The number of hydrogen-bond acceptors (Lipinski definition) is 2. The molecular formula is C16H16FN3. The number of benzene rings is 2. The van der Waals surface area contributed by atoms with E-state index < -0.39 is 0 Å². The van der Waals surface area contributed by atoms with Gasteiger partial charge < -0.3 is 5.73 Å². The summed E-state index contributed by atoms with van der Waals surface area (Å²) in [6.45, 7) is 2.10. The van der Waals surface area contributed by atoms with Gasteiger partial charge in [-0.3, -0.25) is 4.57 Å². The molecule has 102 valence electrons. The van der Waals surface area contributed by atoms with Gasteiger partial charge in [0.05, 0.1) is 16.7 Å². The van der Waals surface area contributed by atoms with Crippen LogP contribution in [0.25, 0.3) is 16.7 Å². The summed E-state index contributed by atoms with van der Waals surface area (Å²) in [5.74, 6) is 0.681. The Morgan fingerprint density at radius 1 is 1.20 bits per heavy atom. The lowest BCUT2D eigenvalue weighted by molar-refractivity contribution is 0.626. The summed E-state index contributed by atoms with van der Waals surface area (Å²) in [6, 6.07) is 12.2. The number of nitrogens with two attached hydrogens (primary N) is 1. The van der Waals surface area contributed by atoms with Crippen molar-refractivity contribution in [2.75, 3.05) is 5.73 Å². The van der Waals surface area contributed by atoms with E-state index in [-0.39, 0.29) is 5.82 Å². The fourth-order valence-electron chi connectivity index (χ4n) is 2.44. The summed E-state index contributed by atoms with van der Waals surface area (Å²) < 4.78 is 15.5. The molecule has 0 aliphatic rings. The van der Waals surface area contributed by atoms with Gasteiger partial charge in [-0.15, -0.1) is 0 Å². The molecular weight excluding hydrogens is 253 g/mol. The first-order valence-corrected chi connectivity index (χ1v) is 6.72. The fraction of sp³-hybridized carbons (Fsp3) is 0.188. The highest BCUT2D eigenvalue weighted by Gasteiger charge is 2.12. The van der Waals surface area contributed by atoms with E-state index >= 15 is 0 Å². The van der Waals surface area contributed by atoms with Gasteiger partial charge in [0, 0.05) is 12.1 Å². The highest BCUT2D eigenvalue weighted by Crippen LogP contribution is 2.24. The summed E-state index contributed by atoms with van der Waals surface area (Å²) in [6.07, 6.45) is 1.82. The molecule has 0 unspecified atom stereocenters. The van der Waals surface area contributed by atoms with Crippen molar-refractivity contribution >= 4 is 16.7 Å². The molecule has 2 N–H and O–H groups in total. The second-order valence-corrected chi connectivity index (χ2v) is 4.84. The van der Waals surface area contributed by atoms with Crippen LogP contribution in [0.5, 0.6) is 0 Å². The first kappa shape index (κ1) is 12.7. The van der Waals surface area contributed by atoms with Crippen molar-refractivity contribution in [3.8, 4) is 5.69 Å². The molecule has 3 nitrogen and oxygen atoms in total. The van der Waals surface area contributed by atoms with Crippen molar-refractivity contribution in [1.29, 1.82) is 0 Å². The molecule has 3 rings (SSSR count). The predicted molar refractivity (Wildman–Crippen MR) is 79.4 cm³/mol. The second kappa shape index (κ2) is 4.96. The topological polar surface area (TPSA) is 43.8 Å². The highest BCUT2D eigenvalue weighted by molar-refractivity contribution is 5.81. The smallest absolute Gasteiger partial charge is 0.125 e. The van der Waals surface area contributed by atoms with E-state index in [1.54, 1.807) is 6.07 Å². The lowest BCUT2D eigenvalue weighted by atomic mass is 10.2. The molecule has 0 fully saturated rings. The number of halogens is 1. The zero-order chi connectivity index (χ0) is 14.1. The molecule has 0 bridgehead atoms. The summed E-state index contributed by atoms with van der Waals surface area (Å²) >= 11 is 0. The van der Waals surface area contributed by atoms with Gasteiger partial charge in [0.25, 0.3) is 0 Å². The number of nitrogens with zero attached hydrogens (tertiary/aromatic N) is 2. The third kappa shape index (κ3) is 2.13. The maximum atomic E-state index is 13.5. The first-order chi connectivity index (χ1) is 9.69. The Bertz CT molecular complexity index is 762. The number of aromatic nitrogens is 2. The van der Waals surface area contributed by atoms with E-state index in [2.05, 4.69) is 11.9 Å². The van der Waals surface area contributed by atoms with E-state index in [1.165, 1.54) is 12.1 Å². The lowest BCUT2D eigenvalue weighted by Crippen LogP contribution is -2.01. The largest absolute Gasteiger partial charge is 0.399 e. The molecule has 4 heteroatoms. The van der Waals surface area contributed by atoms with Crippen LogP contribution < -0.4 is 5.73 Å². The predicted octanol–water partition coefficient (Wildman–Crippen LogP) is 3.70. The van der Waals surface area contributed by atoms with Crippen LogP contribution in [0.15, 0.2) is 42.5 Å². The molecule has 0 saturated heterocycles. The highest BCUT2D eigenvalue weighted by atomic mass is 19.1. The van der Waals surface area contributed by atoms with Gasteiger partial charge in [-0.1, -0.05) is 13.0 Å². The molecule has 0 amide bonds. The summed E-state index contributed by atoms with van der Waals surface area (Å²) in [7, 11) is 0. The molecule has 1 heterocycles. The van der Waals surface area contributed by atoms with Crippen molar-refractivity contribution < 1.29 is 4.39 Å². The van der Waals surface area contributed by atoms with Gasteiger partial charge in [0.1, 0.15) is 11.6 Å². The van der Waals surface area contributed by atoms with Gasteiger partial charge in [-0.05, 0) is 42.8 Å². The molecule has 3 aromatic rings. The Hall–Kier alpha value is -2.36. The van der Waals surface area contributed by atoms with Crippen molar-refractivity contribution in [3.05, 3.63) is 54.1 Å². The van der Waals surface area contributed by atoms with E-state index in [1.807, 2.05) is 28.8 Å². The average Bonchev–Trinajstić information content (AvgIpc) is 2.76. The van der Waals surface area contributed by atoms with Crippen LogP contribution in [0.4, 0.5) is 10.1 Å². The Balaban J connectivity index is 2.28. The normalized spacial score (nSPS) is 11.1. The first-order valence-electron chi connectivity index (χ1n) is 6.72. The zero-order valence-electron chi connectivity index (χ0n) is 11.3. The number of imidazole rings is 1. The quantitative estimate of drug-likeness (QED) is 0.737. The van der Waals surface area contributed by atoms with E-state index in [0.717, 1.165) is 35.4 Å². The van der Waals surface area contributed by atoms with Crippen molar-refractivity contribution in [3.63, 3.8) is 0 Å². The van der Waals surface area contributed by atoms with Gasteiger partial charge in [0.2, 0.25) is 0 Å². The molecule has 0 radical (unpaired) electrons. The third-order valence-electron chi connectivity index (χ3n) is 3.29. The van der Waals surface area contributed by atoms with Crippen LogP contribution >= 0.6 is 0 Å².